The van der Waals surface area contributed by atoms with Crippen molar-refractivity contribution in [3.8, 4) is 0 Å². The maximum Gasteiger partial charge on any atom is 0.511 e. The second-order valence-corrected chi connectivity index (χ2v) is 8.43. The van der Waals surface area contributed by atoms with Crippen LogP contribution in [0.4, 0.5) is 4.79 Å². The van der Waals surface area contributed by atoms with E-state index in [4.69, 9.17) is 14.2 Å². The SMILES string of the molecule is CCOC(=O)OC(C)O/C(=C(/C=NC)c1ccc(C(C)(C)C)cc1)c1cc(C)nn1CC. The molecule has 2 rings (SSSR count). The number of hydrogen-bond acceptors (Lipinski definition) is 6. The summed E-state index contributed by atoms with van der Waals surface area (Å²) in [5.41, 5.74) is 4.60. The Kier molecular flexibility index (Phi) is 8.63. The first-order chi connectivity index (χ1) is 15.1. The molecule has 0 aliphatic rings. The number of aromatic nitrogens is 2. The molecule has 0 N–H and O–H groups in total. The van der Waals surface area contributed by atoms with Gasteiger partial charge in [0.1, 0.15) is 5.69 Å². The summed E-state index contributed by atoms with van der Waals surface area (Å²) in [6, 6.07) is 10.3. The highest BCUT2D eigenvalue weighted by molar-refractivity contribution is 6.18. The lowest BCUT2D eigenvalue weighted by atomic mass is 9.86. The molecule has 0 radical (unpaired) electrons. The van der Waals surface area contributed by atoms with Gasteiger partial charge in [0.05, 0.1) is 12.3 Å². The van der Waals surface area contributed by atoms with E-state index >= 15 is 0 Å². The second kappa shape index (κ2) is 11.0. The van der Waals surface area contributed by atoms with E-state index in [0.717, 1.165) is 22.5 Å². The zero-order valence-corrected chi connectivity index (χ0v) is 20.4. The van der Waals surface area contributed by atoms with Crippen LogP contribution in [0.25, 0.3) is 11.3 Å². The summed E-state index contributed by atoms with van der Waals surface area (Å²) < 4.78 is 18.2. The molecule has 0 aliphatic heterocycles. The van der Waals surface area contributed by atoms with Gasteiger partial charge in [-0.2, -0.15) is 5.10 Å². The molecule has 2 aromatic rings. The van der Waals surface area contributed by atoms with Crippen molar-refractivity contribution >= 4 is 23.7 Å². The van der Waals surface area contributed by atoms with Crippen LogP contribution in [0.2, 0.25) is 0 Å². The predicted octanol–water partition coefficient (Wildman–Crippen LogP) is 5.61. The van der Waals surface area contributed by atoms with Crippen molar-refractivity contribution in [3.05, 3.63) is 52.8 Å². The van der Waals surface area contributed by atoms with Crippen molar-refractivity contribution in [2.75, 3.05) is 13.7 Å². The molecule has 32 heavy (non-hydrogen) atoms. The van der Waals surface area contributed by atoms with Crippen molar-refractivity contribution in [1.29, 1.82) is 0 Å². The van der Waals surface area contributed by atoms with Crippen molar-refractivity contribution in [2.24, 2.45) is 4.99 Å². The van der Waals surface area contributed by atoms with E-state index in [0.29, 0.717) is 12.3 Å². The van der Waals surface area contributed by atoms with E-state index in [2.05, 4.69) is 55.1 Å². The van der Waals surface area contributed by atoms with Gasteiger partial charge in [0, 0.05) is 32.3 Å². The lowest BCUT2D eigenvalue weighted by Crippen LogP contribution is -2.20. The average Bonchev–Trinajstić information content (AvgIpc) is 3.10. The van der Waals surface area contributed by atoms with Gasteiger partial charge in [0.15, 0.2) is 5.76 Å². The normalized spacial score (nSPS) is 13.6. The Hall–Kier alpha value is -3.09. The highest BCUT2D eigenvalue weighted by atomic mass is 16.8. The number of aliphatic imine (C=N–C) groups is 1. The van der Waals surface area contributed by atoms with E-state index < -0.39 is 12.4 Å². The third-order valence-corrected chi connectivity index (χ3v) is 4.81. The standard InChI is InChI=1S/C25H35N3O4/c1-9-28-22(15-17(3)27-28)23(31-18(4)32-24(29)30-10-2)21(16-26-8)19-11-13-20(14-12-19)25(5,6)7/h11-16,18H,9-10H2,1-8H3/b23-21-,26-16?. The van der Waals surface area contributed by atoms with Gasteiger partial charge in [-0.1, -0.05) is 45.0 Å². The molecule has 0 spiro atoms. The number of carbonyl (C=O) groups is 1. The third-order valence-electron chi connectivity index (χ3n) is 4.81. The van der Waals surface area contributed by atoms with Crippen LogP contribution in [0.15, 0.2) is 35.3 Å². The smallest absolute Gasteiger partial charge is 0.452 e. The molecule has 1 unspecified atom stereocenters. The van der Waals surface area contributed by atoms with Gasteiger partial charge in [-0.3, -0.25) is 9.67 Å². The van der Waals surface area contributed by atoms with E-state index in [1.54, 1.807) is 27.1 Å². The zero-order valence-electron chi connectivity index (χ0n) is 20.4. The molecule has 1 heterocycles. The van der Waals surface area contributed by atoms with Crippen LogP contribution in [-0.2, 0) is 26.2 Å². The summed E-state index contributed by atoms with van der Waals surface area (Å²) in [7, 11) is 1.71. The summed E-state index contributed by atoms with van der Waals surface area (Å²) in [5, 5.41) is 4.56. The van der Waals surface area contributed by atoms with Gasteiger partial charge in [-0.05, 0) is 43.4 Å². The second-order valence-electron chi connectivity index (χ2n) is 8.43. The zero-order chi connectivity index (χ0) is 23.9. The van der Waals surface area contributed by atoms with Gasteiger partial charge in [-0.15, -0.1) is 0 Å². The lowest BCUT2D eigenvalue weighted by molar-refractivity contribution is -0.0660. The first-order valence-corrected chi connectivity index (χ1v) is 10.9. The highest BCUT2D eigenvalue weighted by Crippen LogP contribution is 2.30. The first kappa shape index (κ1) is 25.2. The average molecular weight is 442 g/mol. The molecule has 0 fully saturated rings. The monoisotopic (exact) mass is 441 g/mol. The summed E-state index contributed by atoms with van der Waals surface area (Å²) in [6.45, 7) is 14.7. The number of aryl methyl sites for hydroxylation is 2. The predicted molar refractivity (Wildman–Crippen MR) is 128 cm³/mol. The van der Waals surface area contributed by atoms with Crippen LogP contribution in [0, 0.1) is 6.92 Å². The quantitative estimate of drug-likeness (QED) is 0.230. The molecule has 0 bridgehead atoms. The molecular formula is C25H35N3O4. The Bertz CT molecular complexity index is 966. The van der Waals surface area contributed by atoms with E-state index in [1.165, 1.54) is 5.56 Å². The number of benzene rings is 1. The molecule has 0 saturated heterocycles. The molecule has 0 aliphatic carbocycles. The molecule has 7 heteroatoms. The Morgan fingerprint density at radius 3 is 2.38 bits per heavy atom. The fourth-order valence-electron chi connectivity index (χ4n) is 3.25. The molecule has 0 amide bonds. The van der Waals surface area contributed by atoms with Crippen LogP contribution >= 0.6 is 0 Å². The van der Waals surface area contributed by atoms with Crippen LogP contribution in [0.3, 0.4) is 0 Å². The molecule has 1 aromatic carbocycles. The third kappa shape index (κ3) is 6.45. The topological polar surface area (TPSA) is 74.9 Å². The summed E-state index contributed by atoms with van der Waals surface area (Å²) in [5.74, 6) is 0.526. The fraction of sp³-hybridized carbons (Fsp3) is 0.480. The summed E-state index contributed by atoms with van der Waals surface area (Å²) in [4.78, 5) is 16.1. The number of carbonyl (C=O) groups excluding carboxylic acids is 1. The molecular weight excluding hydrogens is 406 g/mol. The maximum absolute atomic E-state index is 11.8. The highest BCUT2D eigenvalue weighted by Gasteiger charge is 2.22. The van der Waals surface area contributed by atoms with Crippen LogP contribution in [0.5, 0.6) is 0 Å². The largest absolute Gasteiger partial charge is 0.511 e. The van der Waals surface area contributed by atoms with Gasteiger partial charge in [-0.25, -0.2) is 4.79 Å². The van der Waals surface area contributed by atoms with Gasteiger partial charge >= 0.3 is 6.16 Å². The lowest BCUT2D eigenvalue weighted by Gasteiger charge is -2.21. The number of rotatable bonds is 8. The van der Waals surface area contributed by atoms with Crippen molar-refractivity contribution in [1.82, 2.24) is 9.78 Å². The maximum atomic E-state index is 11.8. The van der Waals surface area contributed by atoms with E-state index in [-0.39, 0.29) is 12.0 Å². The van der Waals surface area contributed by atoms with Crippen molar-refractivity contribution < 1.29 is 19.0 Å². The Labute approximate surface area is 191 Å². The van der Waals surface area contributed by atoms with Gasteiger partial charge < -0.3 is 14.2 Å². The molecule has 174 valence electrons. The number of hydrogen-bond donors (Lipinski definition) is 0. The number of allylic oxidation sites excluding steroid dienone is 1. The molecule has 7 nitrogen and oxygen atoms in total. The number of ether oxygens (including phenoxy) is 3. The Morgan fingerprint density at radius 1 is 1.19 bits per heavy atom. The first-order valence-electron chi connectivity index (χ1n) is 10.9. The number of nitrogens with zero attached hydrogens (tertiary/aromatic N) is 3. The van der Waals surface area contributed by atoms with Gasteiger partial charge in [0.25, 0.3) is 0 Å². The Balaban J connectivity index is 2.62. The van der Waals surface area contributed by atoms with Crippen molar-refractivity contribution in [2.45, 2.75) is 66.7 Å². The molecule has 1 aromatic heterocycles. The molecule has 1 atom stereocenters. The van der Waals surface area contributed by atoms with E-state index in [9.17, 15) is 4.79 Å². The molecule has 0 saturated carbocycles. The summed E-state index contributed by atoms with van der Waals surface area (Å²) in [6.07, 6.45) is 0.0966. The fourth-order valence-corrected chi connectivity index (χ4v) is 3.25. The minimum Gasteiger partial charge on any atom is -0.452 e. The summed E-state index contributed by atoms with van der Waals surface area (Å²) >= 11 is 0. The van der Waals surface area contributed by atoms with Crippen LogP contribution in [0.1, 0.15) is 64.1 Å². The van der Waals surface area contributed by atoms with Crippen LogP contribution < -0.4 is 0 Å². The minimum atomic E-state index is -0.876. The van der Waals surface area contributed by atoms with Gasteiger partial charge in [0.2, 0.25) is 6.29 Å². The van der Waals surface area contributed by atoms with E-state index in [1.807, 2.05) is 24.6 Å². The minimum absolute atomic E-state index is 0.0422. The Morgan fingerprint density at radius 2 is 1.84 bits per heavy atom. The van der Waals surface area contributed by atoms with Crippen molar-refractivity contribution in [3.63, 3.8) is 0 Å². The van der Waals surface area contributed by atoms with Crippen LogP contribution in [-0.4, -0.2) is 42.1 Å².